The van der Waals surface area contributed by atoms with Crippen LogP contribution < -0.4 is 10.2 Å². The van der Waals surface area contributed by atoms with Crippen molar-refractivity contribution >= 4 is 41.0 Å². The van der Waals surface area contributed by atoms with Gasteiger partial charge in [-0.05, 0) is 43.5 Å². The second kappa shape index (κ2) is 9.24. The summed E-state index contributed by atoms with van der Waals surface area (Å²) in [5.74, 6) is -2.64. The molecule has 0 aliphatic carbocycles. The minimum atomic E-state index is -4.56. The number of hydrogen-bond donors (Lipinski definition) is 1. The minimum absolute atomic E-state index is 0.0635. The average molecular weight is 414 g/mol. The van der Waals surface area contributed by atoms with Crippen LogP contribution in [-0.2, 0) is 15.8 Å². The molecule has 1 aromatic rings. The van der Waals surface area contributed by atoms with Gasteiger partial charge in [0.05, 0.1) is 17.8 Å². The monoisotopic (exact) mass is 414 g/mol. The van der Waals surface area contributed by atoms with Crippen LogP contribution in [0.25, 0.3) is 0 Å². The fraction of sp³-hybridized carbons (Fsp3) is 0.444. The number of rotatable bonds is 7. The molecule has 1 unspecified atom stereocenters. The maximum Gasteiger partial charge on any atom is 0.416 e. The fourth-order valence-electron chi connectivity index (χ4n) is 2.71. The molecule has 1 fully saturated rings. The van der Waals surface area contributed by atoms with Crippen LogP contribution in [0.15, 0.2) is 29.3 Å². The van der Waals surface area contributed by atoms with Crippen LogP contribution >= 0.6 is 12.2 Å². The Balaban J connectivity index is 2.20. The van der Waals surface area contributed by atoms with E-state index in [1.165, 1.54) is 18.3 Å². The van der Waals surface area contributed by atoms with E-state index >= 15 is 0 Å². The van der Waals surface area contributed by atoms with Crippen molar-refractivity contribution in [2.45, 2.75) is 20.0 Å². The van der Waals surface area contributed by atoms with Gasteiger partial charge >= 0.3 is 6.18 Å². The number of likely N-dealkylation sites (N-methyl/N-ethyl adjacent to an activating group) is 1. The zero-order chi connectivity index (χ0) is 20.9. The highest BCUT2D eigenvalue weighted by molar-refractivity contribution is 7.80. The fourth-order valence-corrected chi connectivity index (χ4v) is 3.00. The van der Waals surface area contributed by atoms with E-state index in [2.05, 4.69) is 15.2 Å². The molecule has 1 saturated heterocycles. The Bertz CT molecular complexity index is 778. The number of benzene rings is 1. The SMILES string of the molecule is CCN(CC)CCN=CC1C(=O)NC(=S)N(c2cccc(C(F)(F)F)c2)C1=O. The number of alkyl halides is 3. The Labute approximate surface area is 166 Å². The van der Waals surface area contributed by atoms with Crippen LogP contribution in [0.5, 0.6) is 0 Å². The van der Waals surface area contributed by atoms with Crippen molar-refractivity contribution in [3.8, 4) is 0 Å². The molecule has 152 valence electrons. The van der Waals surface area contributed by atoms with Crippen LogP contribution in [0.1, 0.15) is 19.4 Å². The molecule has 2 rings (SSSR count). The molecular formula is C18H21F3N4O2S. The minimum Gasteiger partial charge on any atom is -0.302 e. The predicted molar refractivity (Wildman–Crippen MR) is 104 cm³/mol. The van der Waals surface area contributed by atoms with Gasteiger partial charge in [0.2, 0.25) is 5.91 Å². The molecule has 0 aromatic heterocycles. The van der Waals surface area contributed by atoms with Gasteiger partial charge in [0.25, 0.3) is 5.91 Å². The standard InChI is InChI=1S/C18H21F3N4O2S/c1-3-24(4-2)9-8-22-11-14-15(26)23-17(28)25(16(14)27)13-7-5-6-12(10-13)18(19,20)21/h5-7,10-11,14H,3-4,8-9H2,1-2H3,(H,23,26,28). The molecule has 6 nitrogen and oxygen atoms in total. The maximum atomic E-state index is 13.0. The van der Waals surface area contributed by atoms with Crippen LogP contribution in [0.4, 0.5) is 18.9 Å². The Morgan fingerprint density at radius 1 is 1.29 bits per heavy atom. The summed E-state index contributed by atoms with van der Waals surface area (Å²) in [4.78, 5) is 32.0. The van der Waals surface area contributed by atoms with Crippen molar-refractivity contribution in [2.75, 3.05) is 31.1 Å². The summed E-state index contributed by atoms with van der Waals surface area (Å²) in [6.45, 7) is 6.80. The maximum absolute atomic E-state index is 13.0. The number of carbonyl (C=O) groups excluding carboxylic acids is 2. The first kappa shape index (κ1) is 22.0. The molecule has 1 aliphatic heterocycles. The lowest BCUT2D eigenvalue weighted by atomic mass is 10.1. The third-order valence-electron chi connectivity index (χ3n) is 4.33. The van der Waals surface area contributed by atoms with Gasteiger partial charge in [-0.2, -0.15) is 13.2 Å². The number of nitrogens with zero attached hydrogens (tertiary/aromatic N) is 3. The highest BCUT2D eigenvalue weighted by atomic mass is 32.1. The van der Waals surface area contributed by atoms with Crippen LogP contribution in [-0.4, -0.2) is 54.2 Å². The lowest BCUT2D eigenvalue weighted by Gasteiger charge is -2.31. The molecule has 1 aliphatic rings. The van der Waals surface area contributed by atoms with E-state index in [4.69, 9.17) is 12.2 Å². The average Bonchev–Trinajstić information content (AvgIpc) is 2.63. The Kier molecular flexibility index (Phi) is 7.25. The lowest BCUT2D eigenvalue weighted by Crippen LogP contribution is -2.58. The highest BCUT2D eigenvalue weighted by Gasteiger charge is 2.39. The number of nitrogens with one attached hydrogen (secondary N) is 1. The zero-order valence-corrected chi connectivity index (χ0v) is 16.3. The van der Waals surface area contributed by atoms with Crippen molar-refractivity contribution in [1.29, 1.82) is 0 Å². The quantitative estimate of drug-likeness (QED) is 0.423. The molecule has 1 atom stereocenters. The second-order valence-corrected chi connectivity index (χ2v) is 6.46. The Hall–Kier alpha value is -2.33. The van der Waals surface area contributed by atoms with E-state index in [0.29, 0.717) is 13.1 Å². The van der Waals surface area contributed by atoms with Gasteiger partial charge in [0.1, 0.15) is 0 Å². The Morgan fingerprint density at radius 3 is 2.57 bits per heavy atom. The first-order valence-electron chi connectivity index (χ1n) is 8.77. The van der Waals surface area contributed by atoms with E-state index in [-0.39, 0.29) is 10.8 Å². The van der Waals surface area contributed by atoms with E-state index in [1.807, 2.05) is 13.8 Å². The third-order valence-corrected chi connectivity index (χ3v) is 4.61. The van der Waals surface area contributed by atoms with Crippen molar-refractivity contribution < 1.29 is 22.8 Å². The number of thiocarbonyl (C=S) groups is 1. The summed E-state index contributed by atoms with van der Waals surface area (Å²) in [7, 11) is 0. The van der Waals surface area contributed by atoms with E-state index in [9.17, 15) is 22.8 Å². The van der Waals surface area contributed by atoms with Gasteiger partial charge in [-0.3, -0.25) is 19.5 Å². The van der Waals surface area contributed by atoms with E-state index in [1.54, 1.807) is 0 Å². The van der Waals surface area contributed by atoms with Crippen LogP contribution in [0.2, 0.25) is 0 Å². The number of hydrogen-bond acceptors (Lipinski definition) is 5. The number of aliphatic imine (C=N–C) groups is 1. The summed E-state index contributed by atoms with van der Waals surface area (Å²) < 4.78 is 38.9. The third kappa shape index (κ3) is 5.14. The van der Waals surface area contributed by atoms with Gasteiger partial charge in [-0.15, -0.1) is 0 Å². The molecule has 2 amide bonds. The first-order valence-corrected chi connectivity index (χ1v) is 9.18. The number of anilines is 1. The first-order chi connectivity index (χ1) is 13.2. The lowest BCUT2D eigenvalue weighted by molar-refractivity contribution is -0.137. The van der Waals surface area contributed by atoms with Crippen molar-refractivity contribution in [3.05, 3.63) is 29.8 Å². The molecule has 1 aromatic carbocycles. The van der Waals surface area contributed by atoms with E-state index < -0.39 is 29.5 Å². The summed E-state index contributed by atoms with van der Waals surface area (Å²) in [5, 5.41) is 2.09. The van der Waals surface area contributed by atoms with Crippen molar-refractivity contribution in [3.63, 3.8) is 0 Å². The molecule has 28 heavy (non-hydrogen) atoms. The Morgan fingerprint density at radius 2 is 1.96 bits per heavy atom. The molecular weight excluding hydrogens is 393 g/mol. The van der Waals surface area contributed by atoms with Gasteiger partial charge < -0.3 is 10.2 Å². The van der Waals surface area contributed by atoms with Crippen molar-refractivity contribution in [1.82, 2.24) is 10.2 Å². The van der Waals surface area contributed by atoms with E-state index in [0.717, 1.165) is 30.1 Å². The molecule has 0 spiro atoms. The highest BCUT2D eigenvalue weighted by Crippen LogP contribution is 2.32. The number of halogens is 3. The summed E-state index contributed by atoms with van der Waals surface area (Å²) in [5.41, 5.74) is -0.978. The predicted octanol–water partition coefficient (Wildman–Crippen LogP) is 2.48. The molecule has 1 heterocycles. The van der Waals surface area contributed by atoms with Crippen molar-refractivity contribution in [2.24, 2.45) is 10.9 Å². The molecule has 0 bridgehead atoms. The molecule has 0 radical (unpaired) electrons. The topological polar surface area (TPSA) is 65.0 Å². The van der Waals surface area contributed by atoms with Crippen LogP contribution in [0, 0.1) is 5.92 Å². The van der Waals surface area contributed by atoms with Gasteiger partial charge in [-0.25, -0.2) is 0 Å². The van der Waals surface area contributed by atoms with Gasteiger partial charge in [0.15, 0.2) is 11.0 Å². The summed E-state index contributed by atoms with van der Waals surface area (Å²) >= 11 is 4.99. The molecule has 0 saturated carbocycles. The smallest absolute Gasteiger partial charge is 0.302 e. The summed E-state index contributed by atoms with van der Waals surface area (Å²) in [6.07, 6.45) is -3.34. The number of amides is 2. The molecule has 1 N–H and O–H groups in total. The number of carbonyl (C=O) groups is 2. The van der Waals surface area contributed by atoms with Gasteiger partial charge in [0, 0.05) is 12.8 Å². The molecule has 10 heteroatoms. The summed E-state index contributed by atoms with van der Waals surface area (Å²) in [6, 6.07) is 4.21. The second-order valence-electron chi connectivity index (χ2n) is 6.08. The van der Waals surface area contributed by atoms with Gasteiger partial charge in [-0.1, -0.05) is 19.9 Å². The van der Waals surface area contributed by atoms with Crippen LogP contribution in [0.3, 0.4) is 0 Å². The normalized spacial score (nSPS) is 18.3. The zero-order valence-electron chi connectivity index (χ0n) is 15.5. The largest absolute Gasteiger partial charge is 0.416 e.